The highest BCUT2D eigenvalue weighted by Crippen LogP contribution is 2.21. The number of nitrogens with two attached hydrogens (primary N) is 1. The molecule has 1 unspecified atom stereocenters. The molecule has 1 fully saturated rings. The number of ether oxygens (including phenoxy) is 2. The van der Waals surface area contributed by atoms with Gasteiger partial charge < -0.3 is 19.8 Å². The van der Waals surface area contributed by atoms with Crippen molar-refractivity contribution < 1.29 is 9.47 Å². The average Bonchev–Trinajstić information content (AvgIpc) is 2.79. The van der Waals surface area contributed by atoms with Crippen LogP contribution in [0.2, 0.25) is 0 Å². The van der Waals surface area contributed by atoms with Crippen molar-refractivity contribution in [3.8, 4) is 0 Å². The molecule has 1 saturated heterocycles. The van der Waals surface area contributed by atoms with Crippen molar-refractivity contribution in [3.63, 3.8) is 0 Å². The number of aromatic nitrogens is 3. The molecule has 0 amide bonds. The van der Waals surface area contributed by atoms with Crippen LogP contribution in [0.25, 0.3) is 0 Å². The minimum absolute atomic E-state index is 0.247. The summed E-state index contributed by atoms with van der Waals surface area (Å²) in [7, 11) is 0. The molecule has 7 heteroatoms. The first-order valence-electron chi connectivity index (χ1n) is 5.79. The van der Waals surface area contributed by atoms with Gasteiger partial charge in [-0.15, -0.1) is 10.2 Å². The van der Waals surface area contributed by atoms with E-state index in [1.54, 1.807) is 11.8 Å². The molecule has 0 saturated carbocycles. The van der Waals surface area contributed by atoms with Crippen molar-refractivity contribution in [1.29, 1.82) is 0 Å². The number of thioether (sulfide) groups is 1. The fraction of sp³-hybridized carbons (Fsp3) is 0.800. The third kappa shape index (κ3) is 3.19. The molecule has 2 rings (SSSR count). The molecule has 1 atom stereocenters. The molecule has 0 spiro atoms. The number of nitrogens with zero attached hydrogens (tertiary/aromatic N) is 3. The van der Waals surface area contributed by atoms with E-state index in [1.807, 2.05) is 4.57 Å². The lowest BCUT2D eigenvalue weighted by atomic mass is 10.3. The number of hydrogen-bond acceptors (Lipinski definition) is 6. The molecule has 96 valence electrons. The van der Waals surface area contributed by atoms with Gasteiger partial charge in [0.1, 0.15) is 12.6 Å². The van der Waals surface area contributed by atoms with Gasteiger partial charge in [-0.3, -0.25) is 0 Å². The highest BCUT2D eigenvalue weighted by Gasteiger charge is 2.17. The van der Waals surface area contributed by atoms with Crippen molar-refractivity contribution in [2.24, 2.45) is 5.73 Å². The zero-order valence-electron chi connectivity index (χ0n) is 9.96. The zero-order chi connectivity index (χ0) is 12.1. The summed E-state index contributed by atoms with van der Waals surface area (Å²) in [6, 6.07) is 0. The Hall–Kier alpha value is -0.630. The predicted octanol–water partition coefficient (Wildman–Crippen LogP) is 0.612. The Morgan fingerprint density at radius 2 is 2.41 bits per heavy atom. The fourth-order valence-electron chi connectivity index (χ4n) is 1.69. The molecule has 1 aliphatic heterocycles. The minimum atomic E-state index is 0.247. The summed E-state index contributed by atoms with van der Waals surface area (Å²) in [4.78, 5) is 0. The third-order valence-corrected chi connectivity index (χ3v) is 3.76. The van der Waals surface area contributed by atoms with E-state index in [2.05, 4.69) is 17.1 Å². The van der Waals surface area contributed by atoms with Crippen LogP contribution in [0.3, 0.4) is 0 Å². The van der Waals surface area contributed by atoms with Gasteiger partial charge >= 0.3 is 0 Å². The second-order valence-corrected chi connectivity index (χ2v) is 4.75. The first-order valence-corrected chi connectivity index (χ1v) is 6.78. The minimum Gasteiger partial charge on any atom is -0.355 e. The maximum Gasteiger partial charge on any atom is 0.191 e. The van der Waals surface area contributed by atoms with Crippen LogP contribution in [0.4, 0.5) is 0 Å². The molecule has 17 heavy (non-hydrogen) atoms. The van der Waals surface area contributed by atoms with E-state index in [4.69, 9.17) is 15.2 Å². The molecule has 0 aromatic carbocycles. The van der Waals surface area contributed by atoms with Crippen LogP contribution in [-0.2, 0) is 22.6 Å². The molecular formula is C10H18N4O2S. The lowest BCUT2D eigenvalue weighted by Crippen LogP contribution is -2.25. The van der Waals surface area contributed by atoms with E-state index in [-0.39, 0.29) is 6.10 Å². The molecule has 0 bridgehead atoms. The maximum atomic E-state index is 5.60. The van der Waals surface area contributed by atoms with Crippen LogP contribution < -0.4 is 5.73 Å². The monoisotopic (exact) mass is 258 g/mol. The van der Waals surface area contributed by atoms with Gasteiger partial charge in [-0.2, -0.15) is 0 Å². The summed E-state index contributed by atoms with van der Waals surface area (Å²) >= 11 is 1.67. The quantitative estimate of drug-likeness (QED) is 0.780. The van der Waals surface area contributed by atoms with Crippen LogP contribution in [-0.4, -0.2) is 40.0 Å². The Morgan fingerprint density at radius 1 is 1.53 bits per heavy atom. The molecule has 1 aliphatic rings. The zero-order valence-corrected chi connectivity index (χ0v) is 10.8. The van der Waals surface area contributed by atoms with Crippen LogP contribution >= 0.6 is 11.8 Å². The molecule has 2 heterocycles. The van der Waals surface area contributed by atoms with E-state index >= 15 is 0 Å². The largest absolute Gasteiger partial charge is 0.355 e. The van der Waals surface area contributed by atoms with Crippen molar-refractivity contribution in [3.05, 3.63) is 5.82 Å². The Kier molecular flexibility index (Phi) is 4.78. The second kappa shape index (κ2) is 6.34. The van der Waals surface area contributed by atoms with E-state index in [1.165, 1.54) is 0 Å². The lowest BCUT2D eigenvalue weighted by molar-refractivity contribution is -0.130. The van der Waals surface area contributed by atoms with Gasteiger partial charge in [0.2, 0.25) is 0 Å². The number of rotatable bonds is 5. The summed E-state index contributed by atoms with van der Waals surface area (Å²) in [6.07, 6.45) is 1.19. The number of hydrogen-bond donors (Lipinski definition) is 1. The topological polar surface area (TPSA) is 75.2 Å². The Labute approximate surface area is 105 Å². The second-order valence-electron chi connectivity index (χ2n) is 3.76. The first-order chi connectivity index (χ1) is 8.35. The van der Waals surface area contributed by atoms with E-state index in [0.29, 0.717) is 13.3 Å². The van der Waals surface area contributed by atoms with Crippen LogP contribution in [0.1, 0.15) is 19.2 Å². The van der Waals surface area contributed by atoms with Gasteiger partial charge in [0.05, 0.1) is 19.3 Å². The summed E-state index contributed by atoms with van der Waals surface area (Å²) in [5, 5.41) is 9.14. The van der Waals surface area contributed by atoms with Gasteiger partial charge in [-0.1, -0.05) is 11.8 Å². The van der Waals surface area contributed by atoms with Gasteiger partial charge in [-0.05, 0) is 13.3 Å². The maximum absolute atomic E-state index is 5.60. The SMILES string of the molecule is CCn1c(CN)nnc1SCC1CCOCO1. The summed E-state index contributed by atoms with van der Waals surface area (Å²) in [5.74, 6) is 1.72. The van der Waals surface area contributed by atoms with Crippen LogP contribution in [0, 0.1) is 0 Å². The van der Waals surface area contributed by atoms with E-state index in [0.717, 1.165) is 36.3 Å². The smallest absolute Gasteiger partial charge is 0.191 e. The summed E-state index contributed by atoms with van der Waals surface area (Å²) in [5.41, 5.74) is 5.60. The Morgan fingerprint density at radius 3 is 3.06 bits per heavy atom. The van der Waals surface area contributed by atoms with E-state index in [9.17, 15) is 0 Å². The fourth-order valence-corrected chi connectivity index (χ4v) is 2.78. The van der Waals surface area contributed by atoms with Crippen LogP contribution in [0.5, 0.6) is 0 Å². The molecule has 0 aliphatic carbocycles. The van der Waals surface area contributed by atoms with Crippen LogP contribution in [0.15, 0.2) is 5.16 Å². The van der Waals surface area contributed by atoms with E-state index < -0.39 is 0 Å². The normalized spacial score (nSPS) is 20.7. The lowest BCUT2D eigenvalue weighted by Gasteiger charge is -2.22. The predicted molar refractivity (Wildman–Crippen MR) is 64.6 cm³/mol. The standard InChI is InChI=1S/C10H18N4O2S/c1-2-14-9(5-11)12-13-10(14)17-6-8-3-4-15-7-16-8/h8H,2-7,11H2,1H3. The molecule has 2 N–H and O–H groups in total. The van der Waals surface area contributed by atoms with Crippen molar-refractivity contribution in [2.45, 2.75) is 37.7 Å². The highest BCUT2D eigenvalue weighted by atomic mass is 32.2. The van der Waals surface area contributed by atoms with Crippen molar-refractivity contribution in [1.82, 2.24) is 14.8 Å². The molecule has 6 nitrogen and oxygen atoms in total. The van der Waals surface area contributed by atoms with Gasteiger partial charge in [-0.25, -0.2) is 0 Å². The highest BCUT2D eigenvalue weighted by molar-refractivity contribution is 7.99. The van der Waals surface area contributed by atoms with Crippen molar-refractivity contribution in [2.75, 3.05) is 19.2 Å². The molecule has 1 aromatic rings. The molecular weight excluding hydrogens is 240 g/mol. The molecule has 1 aromatic heterocycles. The summed E-state index contributed by atoms with van der Waals surface area (Å²) < 4.78 is 12.7. The average molecular weight is 258 g/mol. The first kappa shape index (κ1) is 12.8. The van der Waals surface area contributed by atoms with Gasteiger partial charge in [0.15, 0.2) is 5.16 Å². The summed E-state index contributed by atoms with van der Waals surface area (Å²) in [6.45, 7) is 4.52. The molecule has 0 radical (unpaired) electrons. The van der Waals surface area contributed by atoms with Gasteiger partial charge in [0, 0.05) is 12.3 Å². The van der Waals surface area contributed by atoms with Gasteiger partial charge in [0.25, 0.3) is 0 Å². The Bertz CT molecular complexity index is 352. The van der Waals surface area contributed by atoms with Crippen molar-refractivity contribution >= 4 is 11.8 Å². The Balaban J connectivity index is 1.91. The third-order valence-electron chi connectivity index (χ3n) is 2.66.